The van der Waals surface area contributed by atoms with Crippen LogP contribution in [0.3, 0.4) is 0 Å². The van der Waals surface area contributed by atoms with Gasteiger partial charge < -0.3 is 4.74 Å². The average Bonchev–Trinajstić information content (AvgIpc) is 2.91. The fourth-order valence-corrected chi connectivity index (χ4v) is 6.34. The number of nitrogens with zero attached hydrogens (tertiary/aromatic N) is 1. The molecule has 0 heterocycles. The molecule has 2 unspecified atom stereocenters. The summed E-state index contributed by atoms with van der Waals surface area (Å²) in [4.78, 5) is 4.75. The molecule has 0 saturated carbocycles. The minimum Gasteiger partial charge on any atom is -0.488 e. The molecule has 0 aromatic heterocycles. The fourth-order valence-electron chi connectivity index (χ4n) is 4.66. The van der Waals surface area contributed by atoms with Crippen molar-refractivity contribution in [3.8, 4) is 5.75 Å². The maximum absolute atomic E-state index is 6.52. The van der Waals surface area contributed by atoms with Gasteiger partial charge in [0.15, 0.2) is 0 Å². The third kappa shape index (κ3) is 5.61. The van der Waals surface area contributed by atoms with Gasteiger partial charge in [-0.3, -0.25) is 4.99 Å². The molecule has 4 aromatic rings. The Morgan fingerprint density at radius 3 is 2.11 bits per heavy atom. The van der Waals surface area contributed by atoms with Gasteiger partial charge in [-0.25, -0.2) is 0 Å². The number of aryl methyl sites for hydroxylation is 2. The lowest BCUT2D eigenvalue weighted by Crippen LogP contribution is -2.24. The molecular weight excluding hydrogens is 457 g/mol. The molecule has 0 bridgehead atoms. The van der Waals surface area contributed by atoms with Crippen LogP contribution >= 0.6 is 8.58 Å². The number of para-hydroxylation sites is 1. The van der Waals surface area contributed by atoms with Crippen molar-refractivity contribution in [3.63, 3.8) is 0 Å². The molecule has 0 spiro atoms. The van der Waals surface area contributed by atoms with Crippen LogP contribution in [-0.2, 0) is 11.8 Å². The maximum Gasteiger partial charge on any atom is 0.126 e. The van der Waals surface area contributed by atoms with Crippen molar-refractivity contribution in [1.29, 1.82) is 0 Å². The first-order valence-electron chi connectivity index (χ1n) is 12.6. The van der Waals surface area contributed by atoms with E-state index in [1.54, 1.807) is 0 Å². The van der Waals surface area contributed by atoms with E-state index in [1.165, 1.54) is 33.1 Å². The van der Waals surface area contributed by atoms with Gasteiger partial charge in [0.05, 0.1) is 5.71 Å². The number of hydrogen-bond acceptors (Lipinski definition) is 2. The molecule has 0 aliphatic rings. The van der Waals surface area contributed by atoms with Gasteiger partial charge in [0.2, 0.25) is 0 Å². The topological polar surface area (TPSA) is 21.6 Å². The van der Waals surface area contributed by atoms with E-state index in [1.807, 2.05) is 13.1 Å². The molecule has 184 valence electrons. The van der Waals surface area contributed by atoms with Gasteiger partial charge >= 0.3 is 0 Å². The van der Waals surface area contributed by atoms with Gasteiger partial charge in [0, 0.05) is 28.9 Å². The van der Waals surface area contributed by atoms with E-state index in [2.05, 4.69) is 119 Å². The lowest BCUT2D eigenvalue weighted by Gasteiger charge is -2.33. The van der Waals surface area contributed by atoms with Gasteiger partial charge in [-0.15, -0.1) is 0 Å². The number of benzene rings is 4. The minimum atomic E-state index is -0.0750. The third-order valence-corrected chi connectivity index (χ3v) is 9.03. The van der Waals surface area contributed by atoms with Crippen molar-refractivity contribution in [2.75, 3.05) is 7.05 Å². The summed E-state index contributed by atoms with van der Waals surface area (Å²) in [5.41, 5.74) is 8.37. The summed E-state index contributed by atoms with van der Waals surface area (Å²) in [5, 5.41) is 1.30. The molecule has 4 aromatic carbocycles. The molecule has 0 aliphatic carbocycles. The van der Waals surface area contributed by atoms with Crippen LogP contribution in [0.25, 0.3) is 0 Å². The second-order valence-electron chi connectivity index (χ2n) is 9.47. The Hall–Kier alpha value is -3.22. The molecule has 0 aliphatic heterocycles. The Morgan fingerprint density at radius 1 is 0.806 bits per heavy atom. The quantitative estimate of drug-likeness (QED) is 0.171. The van der Waals surface area contributed by atoms with Gasteiger partial charge in [-0.1, -0.05) is 119 Å². The van der Waals surface area contributed by atoms with Crippen molar-refractivity contribution in [1.82, 2.24) is 0 Å². The molecule has 2 nitrogen and oxygen atoms in total. The Morgan fingerprint density at radius 2 is 1.44 bits per heavy atom. The highest BCUT2D eigenvalue weighted by atomic mass is 31.1. The van der Waals surface area contributed by atoms with E-state index in [0.29, 0.717) is 15.2 Å². The molecule has 36 heavy (non-hydrogen) atoms. The van der Waals surface area contributed by atoms with Crippen LogP contribution in [0.1, 0.15) is 53.6 Å². The molecule has 0 radical (unpaired) electrons. The summed E-state index contributed by atoms with van der Waals surface area (Å²) >= 11 is 0. The fraction of sp³-hybridized carbons (Fsp3) is 0.242. The van der Waals surface area contributed by atoms with Gasteiger partial charge in [0.1, 0.15) is 12.4 Å². The first-order valence-corrected chi connectivity index (χ1v) is 13.6. The summed E-state index contributed by atoms with van der Waals surface area (Å²) in [6.07, 6.45) is 1.01. The van der Waals surface area contributed by atoms with Crippen LogP contribution in [0.5, 0.6) is 5.75 Å². The van der Waals surface area contributed by atoms with Gasteiger partial charge in [-0.2, -0.15) is 0 Å². The van der Waals surface area contributed by atoms with Crippen molar-refractivity contribution >= 4 is 19.6 Å². The number of hydrogen-bond donors (Lipinski definition) is 0. The van der Waals surface area contributed by atoms with Crippen LogP contribution in [0.2, 0.25) is 0 Å². The minimum absolute atomic E-state index is 0.0750. The van der Waals surface area contributed by atoms with E-state index in [9.17, 15) is 0 Å². The average molecular weight is 494 g/mol. The zero-order valence-electron chi connectivity index (χ0n) is 22.0. The molecule has 0 fully saturated rings. The van der Waals surface area contributed by atoms with Crippen molar-refractivity contribution in [3.05, 3.63) is 130 Å². The van der Waals surface area contributed by atoms with E-state index in [-0.39, 0.29) is 5.16 Å². The molecule has 0 N–H and O–H groups in total. The summed E-state index contributed by atoms with van der Waals surface area (Å²) < 4.78 is 6.52. The molecule has 0 saturated heterocycles. The van der Waals surface area contributed by atoms with Crippen molar-refractivity contribution in [2.45, 2.75) is 45.9 Å². The first kappa shape index (κ1) is 25.9. The van der Waals surface area contributed by atoms with Crippen LogP contribution in [-0.4, -0.2) is 12.8 Å². The van der Waals surface area contributed by atoms with Crippen LogP contribution in [0.15, 0.2) is 102 Å². The van der Waals surface area contributed by atoms with Crippen molar-refractivity contribution < 1.29 is 4.74 Å². The summed E-state index contributed by atoms with van der Waals surface area (Å²) in [5.74, 6) is 1.01. The Kier molecular flexibility index (Phi) is 8.39. The standard InChI is InChI=1S/C33H36NOP/c1-6-33(4,29-22-14-15-24(2)31(29)35-23-26-17-9-7-10-18-26)36-32-25(3)16-13-21-28(32)30(34-5)27-19-11-8-12-20-27/h7-22,36H,6,23H2,1-5H3. The second kappa shape index (κ2) is 11.7. The zero-order chi connectivity index (χ0) is 25.5. The predicted molar refractivity (Wildman–Crippen MR) is 157 cm³/mol. The lowest BCUT2D eigenvalue weighted by molar-refractivity contribution is 0.297. The largest absolute Gasteiger partial charge is 0.488 e. The Balaban J connectivity index is 1.75. The smallest absolute Gasteiger partial charge is 0.126 e. The first-order chi connectivity index (χ1) is 17.5. The monoisotopic (exact) mass is 493 g/mol. The number of aliphatic imine (C=N–C) groups is 1. The van der Waals surface area contributed by atoms with Gasteiger partial charge in [0.25, 0.3) is 0 Å². The highest BCUT2D eigenvalue weighted by Crippen LogP contribution is 2.49. The van der Waals surface area contributed by atoms with E-state index in [4.69, 9.17) is 9.73 Å². The van der Waals surface area contributed by atoms with E-state index < -0.39 is 0 Å². The normalized spacial score (nSPS) is 13.6. The van der Waals surface area contributed by atoms with Crippen LogP contribution < -0.4 is 10.0 Å². The number of rotatable bonds is 9. The lowest BCUT2D eigenvalue weighted by atomic mass is 9.94. The molecule has 2 atom stereocenters. The SMILES string of the molecule is CCC(C)(Pc1c(C)cccc1C(=NC)c1ccccc1)c1cccc(C)c1OCc1ccccc1. The second-order valence-corrected chi connectivity index (χ2v) is 11.3. The maximum atomic E-state index is 6.52. The van der Waals surface area contributed by atoms with Crippen molar-refractivity contribution in [2.24, 2.45) is 4.99 Å². The zero-order valence-corrected chi connectivity index (χ0v) is 23.0. The third-order valence-electron chi connectivity index (χ3n) is 6.94. The summed E-state index contributed by atoms with van der Waals surface area (Å²) in [6, 6.07) is 34.1. The Labute approximate surface area is 218 Å². The highest BCUT2D eigenvalue weighted by Gasteiger charge is 2.31. The van der Waals surface area contributed by atoms with Gasteiger partial charge in [-0.05, 0) is 42.3 Å². The molecule has 3 heteroatoms. The number of ether oxygens (including phenoxy) is 1. The predicted octanol–water partition coefficient (Wildman–Crippen LogP) is 7.98. The summed E-state index contributed by atoms with van der Waals surface area (Å²) in [6.45, 7) is 9.62. The molecule has 4 rings (SSSR count). The Bertz CT molecular complexity index is 1330. The molecule has 0 amide bonds. The highest BCUT2D eigenvalue weighted by molar-refractivity contribution is 7.49. The van der Waals surface area contributed by atoms with Crippen LogP contribution in [0.4, 0.5) is 0 Å². The summed E-state index contributed by atoms with van der Waals surface area (Å²) in [7, 11) is 2.46. The van der Waals surface area contributed by atoms with Crippen LogP contribution in [0, 0.1) is 13.8 Å². The molecular formula is C33H36NOP. The van der Waals surface area contributed by atoms with E-state index in [0.717, 1.165) is 23.4 Å². The van der Waals surface area contributed by atoms with E-state index >= 15 is 0 Å².